The van der Waals surface area contributed by atoms with Crippen LogP contribution in [-0.4, -0.2) is 9.97 Å². The molecule has 0 spiro atoms. The van der Waals surface area contributed by atoms with Gasteiger partial charge in [-0.3, -0.25) is 0 Å². The molecule has 0 aliphatic rings. The van der Waals surface area contributed by atoms with E-state index < -0.39 is 0 Å². The first kappa shape index (κ1) is 9.52. The molecule has 2 nitrogen and oxygen atoms in total. The standard InChI is InChI=1S/C9H14N2S/c1-9(2,3)8-10-4-7(6-12)5-11-8/h4-5,12H,6H2,1-3H3. The van der Waals surface area contributed by atoms with Crippen LogP contribution in [-0.2, 0) is 11.2 Å². The smallest absolute Gasteiger partial charge is 0.133 e. The number of hydrogen-bond donors (Lipinski definition) is 1. The fourth-order valence-corrected chi connectivity index (χ4v) is 0.987. The molecule has 0 fully saturated rings. The molecule has 0 amide bonds. The molecule has 3 heteroatoms. The monoisotopic (exact) mass is 182 g/mol. The lowest BCUT2D eigenvalue weighted by Gasteiger charge is -2.15. The third-order valence-electron chi connectivity index (χ3n) is 1.56. The van der Waals surface area contributed by atoms with Gasteiger partial charge in [0.05, 0.1) is 0 Å². The molecule has 0 radical (unpaired) electrons. The van der Waals surface area contributed by atoms with Crippen molar-refractivity contribution >= 4 is 12.6 Å². The predicted octanol–water partition coefficient (Wildman–Crippen LogP) is 2.20. The van der Waals surface area contributed by atoms with Gasteiger partial charge in [-0.1, -0.05) is 20.8 Å². The molecule has 1 aromatic heterocycles. The second-order valence-electron chi connectivity index (χ2n) is 3.82. The van der Waals surface area contributed by atoms with Crippen molar-refractivity contribution in [2.45, 2.75) is 31.9 Å². The van der Waals surface area contributed by atoms with Gasteiger partial charge in [0.25, 0.3) is 0 Å². The van der Waals surface area contributed by atoms with Gasteiger partial charge in [-0.05, 0) is 5.56 Å². The minimum atomic E-state index is 0.0368. The van der Waals surface area contributed by atoms with E-state index in [0.29, 0.717) is 5.75 Å². The highest BCUT2D eigenvalue weighted by Crippen LogP contribution is 2.17. The number of nitrogens with zero attached hydrogens (tertiary/aromatic N) is 2. The Bertz CT molecular complexity index is 248. The van der Waals surface area contributed by atoms with Crippen LogP contribution in [0.2, 0.25) is 0 Å². The summed E-state index contributed by atoms with van der Waals surface area (Å²) in [4.78, 5) is 8.52. The van der Waals surface area contributed by atoms with Crippen LogP contribution in [0.25, 0.3) is 0 Å². The molecule has 0 unspecified atom stereocenters. The summed E-state index contributed by atoms with van der Waals surface area (Å²) in [6.45, 7) is 6.30. The molecule has 1 rings (SSSR count). The van der Waals surface area contributed by atoms with Crippen LogP contribution in [0.1, 0.15) is 32.2 Å². The van der Waals surface area contributed by atoms with Crippen molar-refractivity contribution < 1.29 is 0 Å². The largest absolute Gasteiger partial charge is 0.240 e. The first-order valence-electron chi connectivity index (χ1n) is 3.96. The van der Waals surface area contributed by atoms with Crippen LogP contribution in [0.5, 0.6) is 0 Å². The Morgan fingerprint density at radius 2 is 1.75 bits per heavy atom. The molecule has 0 saturated carbocycles. The van der Waals surface area contributed by atoms with Gasteiger partial charge >= 0.3 is 0 Å². The van der Waals surface area contributed by atoms with E-state index >= 15 is 0 Å². The molecule has 0 aliphatic carbocycles. The maximum absolute atomic E-state index is 4.26. The Morgan fingerprint density at radius 1 is 1.25 bits per heavy atom. The van der Waals surface area contributed by atoms with Gasteiger partial charge < -0.3 is 0 Å². The van der Waals surface area contributed by atoms with Gasteiger partial charge in [-0.15, -0.1) is 0 Å². The molecular formula is C9H14N2S. The van der Waals surface area contributed by atoms with Crippen LogP contribution in [0.4, 0.5) is 0 Å². The van der Waals surface area contributed by atoms with Crippen molar-refractivity contribution in [3.63, 3.8) is 0 Å². The maximum Gasteiger partial charge on any atom is 0.133 e. The van der Waals surface area contributed by atoms with E-state index in [4.69, 9.17) is 0 Å². The van der Waals surface area contributed by atoms with Gasteiger partial charge in [0.2, 0.25) is 0 Å². The third-order valence-corrected chi connectivity index (χ3v) is 1.92. The van der Waals surface area contributed by atoms with E-state index in [1.54, 1.807) is 0 Å². The zero-order valence-corrected chi connectivity index (χ0v) is 8.60. The first-order valence-corrected chi connectivity index (χ1v) is 4.59. The summed E-state index contributed by atoms with van der Waals surface area (Å²) < 4.78 is 0. The second kappa shape index (κ2) is 3.44. The summed E-state index contributed by atoms with van der Waals surface area (Å²) in [5.74, 6) is 1.58. The molecule has 0 N–H and O–H groups in total. The van der Waals surface area contributed by atoms with Crippen LogP contribution in [0.15, 0.2) is 12.4 Å². The highest BCUT2D eigenvalue weighted by Gasteiger charge is 2.16. The van der Waals surface area contributed by atoms with Crippen molar-refractivity contribution in [3.8, 4) is 0 Å². The Kier molecular flexibility index (Phi) is 2.73. The Hall–Kier alpha value is -0.570. The topological polar surface area (TPSA) is 25.8 Å². The van der Waals surface area contributed by atoms with Gasteiger partial charge in [-0.2, -0.15) is 12.6 Å². The second-order valence-corrected chi connectivity index (χ2v) is 4.14. The summed E-state index contributed by atoms with van der Waals surface area (Å²) in [5.41, 5.74) is 1.10. The Morgan fingerprint density at radius 3 is 2.08 bits per heavy atom. The lowest BCUT2D eigenvalue weighted by atomic mass is 9.96. The molecule has 0 aromatic carbocycles. The summed E-state index contributed by atoms with van der Waals surface area (Å²) >= 11 is 4.14. The number of thiol groups is 1. The van der Waals surface area contributed by atoms with Crippen LogP contribution in [0, 0.1) is 0 Å². The predicted molar refractivity (Wildman–Crippen MR) is 53.4 cm³/mol. The van der Waals surface area contributed by atoms with Gasteiger partial charge in [0.1, 0.15) is 5.82 Å². The Labute approximate surface area is 78.9 Å². The highest BCUT2D eigenvalue weighted by molar-refractivity contribution is 7.79. The van der Waals surface area contributed by atoms with Crippen molar-refractivity contribution in [1.29, 1.82) is 0 Å². The molecule has 66 valence electrons. The lowest BCUT2D eigenvalue weighted by molar-refractivity contribution is 0.544. The normalized spacial score (nSPS) is 11.7. The van der Waals surface area contributed by atoms with E-state index in [1.807, 2.05) is 12.4 Å². The van der Waals surface area contributed by atoms with Crippen molar-refractivity contribution in [1.82, 2.24) is 9.97 Å². The fraction of sp³-hybridized carbons (Fsp3) is 0.556. The molecule has 0 atom stereocenters. The summed E-state index contributed by atoms with van der Waals surface area (Å²) in [5, 5.41) is 0. The zero-order chi connectivity index (χ0) is 9.19. The third kappa shape index (κ3) is 2.21. The molecule has 0 aliphatic heterocycles. The van der Waals surface area contributed by atoms with E-state index in [2.05, 4.69) is 43.4 Å². The average Bonchev–Trinajstić information content (AvgIpc) is 2.03. The van der Waals surface area contributed by atoms with Gasteiger partial charge in [-0.25, -0.2) is 9.97 Å². The molecule has 0 saturated heterocycles. The van der Waals surface area contributed by atoms with E-state index in [1.165, 1.54) is 0 Å². The van der Waals surface area contributed by atoms with Gasteiger partial charge in [0, 0.05) is 23.6 Å². The highest BCUT2D eigenvalue weighted by atomic mass is 32.1. The van der Waals surface area contributed by atoms with Crippen LogP contribution in [0.3, 0.4) is 0 Å². The quantitative estimate of drug-likeness (QED) is 0.674. The minimum Gasteiger partial charge on any atom is -0.240 e. The molecule has 1 aromatic rings. The van der Waals surface area contributed by atoms with Crippen molar-refractivity contribution in [3.05, 3.63) is 23.8 Å². The number of hydrogen-bond acceptors (Lipinski definition) is 3. The Balaban J connectivity index is 2.93. The first-order chi connectivity index (χ1) is 5.54. The molecule has 1 heterocycles. The lowest BCUT2D eigenvalue weighted by Crippen LogP contribution is -2.15. The molecule has 0 bridgehead atoms. The fourth-order valence-electron chi connectivity index (χ4n) is 0.824. The number of rotatable bonds is 1. The SMILES string of the molecule is CC(C)(C)c1ncc(CS)cn1. The van der Waals surface area contributed by atoms with Crippen LogP contribution < -0.4 is 0 Å². The van der Waals surface area contributed by atoms with Crippen molar-refractivity contribution in [2.75, 3.05) is 0 Å². The van der Waals surface area contributed by atoms with Crippen molar-refractivity contribution in [2.24, 2.45) is 0 Å². The summed E-state index contributed by atoms with van der Waals surface area (Å²) in [6, 6.07) is 0. The van der Waals surface area contributed by atoms with E-state index in [-0.39, 0.29) is 5.41 Å². The summed E-state index contributed by atoms with van der Waals surface area (Å²) in [7, 11) is 0. The summed E-state index contributed by atoms with van der Waals surface area (Å²) in [6.07, 6.45) is 3.67. The van der Waals surface area contributed by atoms with Gasteiger partial charge in [0.15, 0.2) is 0 Å². The zero-order valence-electron chi connectivity index (χ0n) is 7.70. The molecular weight excluding hydrogens is 168 g/mol. The minimum absolute atomic E-state index is 0.0368. The van der Waals surface area contributed by atoms with E-state index in [0.717, 1.165) is 11.4 Å². The van der Waals surface area contributed by atoms with Crippen LogP contribution >= 0.6 is 12.6 Å². The van der Waals surface area contributed by atoms with E-state index in [9.17, 15) is 0 Å². The molecule has 12 heavy (non-hydrogen) atoms. The maximum atomic E-state index is 4.26. The number of aromatic nitrogens is 2. The average molecular weight is 182 g/mol.